The lowest BCUT2D eigenvalue weighted by Crippen LogP contribution is -2.28. The zero-order valence-corrected chi connectivity index (χ0v) is 10.7. The van der Waals surface area contributed by atoms with Crippen molar-refractivity contribution in [2.45, 2.75) is 31.6 Å². The van der Waals surface area contributed by atoms with E-state index in [0.29, 0.717) is 5.92 Å². The van der Waals surface area contributed by atoms with Gasteiger partial charge in [0.2, 0.25) is 5.95 Å². The van der Waals surface area contributed by atoms with Gasteiger partial charge in [0.1, 0.15) is 5.82 Å². The van der Waals surface area contributed by atoms with Crippen LogP contribution in [0.5, 0.6) is 0 Å². The van der Waals surface area contributed by atoms with Crippen LogP contribution in [-0.2, 0) is 0 Å². The van der Waals surface area contributed by atoms with Gasteiger partial charge in [-0.25, -0.2) is 0 Å². The average Bonchev–Trinajstić information content (AvgIpc) is 2.84. The van der Waals surface area contributed by atoms with Crippen molar-refractivity contribution in [3.63, 3.8) is 0 Å². The second-order valence-corrected chi connectivity index (χ2v) is 6.04. The molecule has 3 fully saturated rings. The van der Waals surface area contributed by atoms with Crippen molar-refractivity contribution in [1.29, 1.82) is 0 Å². The predicted octanol–water partition coefficient (Wildman–Crippen LogP) is 1.12. The van der Waals surface area contributed by atoms with E-state index in [0.717, 1.165) is 49.8 Å². The highest BCUT2D eigenvalue weighted by Gasteiger charge is 2.47. The van der Waals surface area contributed by atoms with Crippen LogP contribution in [-0.4, -0.2) is 41.4 Å². The Morgan fingerprint density at radius 2 is 1.94 bits per heavy atom. The number of nitrogens with zero attached hydrogens (tertiary/aromatic N) is 3. The molecule has 0 aromatic carbocycles. The Morgan fingerprint density at radius 1 is 1.06 bits per heavy atom. The summed E-state index contributed by atoms with van der Waals surface area (Å²) in [6.07, 6.45) is 5.31. The Morgan fingerprint density at radius 3 is 2.83 bits per heavy atom. The molecule has 5 heteroatoms. The van der Waals surface area contributed by atoms with Crippen LogP contribution in [0.15, 0.2) is 0 Å². The van der Waals surface area contributed by atoms with Crippen LogP contribution in [0.1, 0.15) is 37.4 Å². The van der Waals surface area contributed by atoms with Crippen LogP contribution < -0.4 is 10.2 Å². The van der Waals surface area contributed by atoms with Crippen molar-refractivity contribution < 1.29 is 0 Å². The van der Waals surface area contributed by atoms with Gasteiger partial charge >= 0.3 is 0 Å². The molecule has 1 saturated heterocycles. The second-order valence-electron chi connectivity index (χ2n) is 6.04. The highest BCUT2D eigenvalue weighted by Crippen LogP contribution is 2.56. The number of fused-ring (bicyclic) bond motifs is 1. The molecule has 1 aliphatic heterocycles. The molecule has 2 saturated carbocycles. The first-order valence-corrected chi connectivity index (χ1v) is 7.28. The first-order chi connectivity index (χ1) is 8.90. The zero-order valence-electron chi connectivity index (χ0n) is 10.7. The molecule has 98 valence electrons. The Balaban J connectivity index is 1.47. The molecule has 2 unspecified atom stereocenters. The van der Waals surface area contributed by atoms with Crippen LogP contribution >= 0.6 is 0 Å². The maximum Gasteiger partial charge on any atom is 0.244 e. The summed E-state index contributed by atoms with van der Waals surface area (Å²) in [6, 6.07) is 0. The molecule has 1 aromatic heterocycles. The third kappa shape index (κ3) is 1.90. The van der Waals surface area contributed by atoms with Gasteiger partial charge < -0.3 is 10.2 Å². The SMILES string of the molecule is C1CNCCN(c2n[nH]c(C3CC4CC4C3)n2)C1. The minimum atomic E-state index is 0.653. The lowest BCUT2D eigenvalue weighted by Gasteiger charge is -2.17. The van der Waals surface area contributed by atoms with Crippen molar-refractivity contribution >= 4 is 5.95 Å². The molecule has 2 aliphatic carbocycles. The van der Waals surface area contributed by atoms with E-state index >= 15 is 0 Å². The minimum Gasteiger partial charge on any atom is -0.338 e. The molecule has 3 aliphatic rings. The van der Waals surface area contributed by atoms with E-state index in [2.05, 4.69) is 20.4 Å². The predicted molar refractivity (Wildman–Crippen MR) is 69.7 cm³/mol. The smallest absolute Gasteiger partial charge is 0.244 e. The summed E-state index contributed by atoms with van der Waals surface area (Å²) < 4.78 is 0. The summed E-state index contributed by atoms with van der Waals surface area (Å²) in [5.74, 6) is 4.71. The topological polar surface area (TPSA) is 56.8 Å². The Labute approximate surface area is 107 Å². The summed E-state index contributed by atoms with van der Waals surface area (Å²) in [5, 5.41) is 11.0. The number of nitrogens with one attached hydrogen (secondary N) is 2. The molecule has 5 nitrogen and oxygen atoms in total. The monoisotopic (exact) mass is 247 g/mol. The molecule has 2 atom stereocenters. The van der Waals surface area contributed by atoms with Gasteiger partial charge in [0.25, 0.3) is 0 Å². The van der Waals surface area contributed by atoms with Crippen molar-refractivity contribution in [3.8, 4) is 0 Å². The standard InChI is InChI=1S/C13H21N5/c1-2-14-3-5-18(4-1)13-15-12(16-17-13)11-7-9-6-10(9)8-11/h9-11,14H,1-8H2,(H,15,16,17). The number of aromatic nitrogens is 3. The van der Waals surface area contributed by atoms with Gasteiger partial charge in [-0.2, -0.15) is 4.98 Å². The van der Waals surface area contributed by atoms with Gasteiger partial charge in [-0.3, -0.25) is 5.10 Å². The van der Waals surface area contributed by atoms with Crippen LogP contribution in [0.3, 0.4) is 0 Å². The number of rotatable bonds is 2. The second kappa shape index (κ2) is 4.23. The molecule has 18 heavy (non-hydrogen) atoms. The summed E-state index contributed by atoms with van der Waals surface area (Å²) in [4.78, 5) is 7.05. The molecule has 2 heterocycles. The van der Waals surface area contributed by atoms with E-state index in [1.807, 2.05) is 0 Å². The minimum absolute atomic E-state index is 0.653. The van der Waals surface area contributed by atoms with Gasteiger partial charge in [0, 0.05) is 25.6 Å². The molecule has 0 amide bonds. The molecule has 1 aromatic rings. The fourth-order valence-electron chi connectivity index (χ4n) is 3.57. The largest absolute Gasteiger partial charge is 0.338 e. The van der Waals surface area contributed by atoms with Gasteiger partial charge in [0.15, 0.2) is 0 Å². The van der Waals surface area contributed by atoms with Crippen molar-refractivity contribution in [3.05, 3.63) is 5.82 Å². The molecule has 0 radical (unpaired) electrons. The molecule has 0 spiro atoms. The van der Waals surface area contributed by atoms with Gasteiger partial charge in [-0.05, 0) is 44.1 Å². The molecule has 0 bridgehead atoms. The van der Waals surface area contributed by atoms with Crippen molar-refractivity contribution in [1.82, 2.24) is 20.5 Å². The van der Waals surface area contributed by atoms with Gasteiger partial charge in [0.05, 0.1) is 0 Å². The molecular formula is C13H21N5. The number of hydrogen-bond donors (Lipinski definition) is 2. The molecular weight excluding hydrogens is 226 g/mol. The Kier molecular flexibility index (Phi) is 2.53. The van der Waals surface area contributed by atoms with Crippen molar-refractivity contribution in [2.75, 3.05) is 31.1 Å². The van der Waals surface area contributed by atoms with Crippen LogP contribution in [0.4, 0.5) is 5.95 Å². The summed E-state index contributed by atoms with van der Waals surface area (Å²) in [7, 11) is 0. The van der Waals surface area contributed by atoms with Crippen molar-refractivity contribution in [2.24, 2.45) is 11.8 Å². The van der Waals surface area contributed by atoms with E-state index in [1.54, 1.807) is 0 Å². The lowest BCUT2D eigenvalue weighted by molar-refractivity contribution is 0.592. The van der Waals surface area contributed by atoms with Gasteiger partial charge in [-0.15, -0.1) is 5.10 Å². The Bertz CT molecular complexity index is 411. The van der Waals surface area contributed by atoms with Crippen LogP contribution in [0.25, 0.3) is 0 Å². The van der Waals surface area contributed by atoms with Crippen LogP contribution in [0, 0.1) is 11.8 Å². The third-order valence-corrected chi connectivity index (χ3v) is 4.74. The lowest BCUT2D eigenvalue weighted by atomic mass is 10.0. The number of H-pyrrole nitrogens is 1. The fraction of sp³-hybridized carbons (Fsp3) is 0.846. The number of anilines is 1. The fourth-order valence-corrected chi connectivity index (χ4v) is 3.57. The number of hydrogen-bond acceptors (Lipinski definition) is 4. The average molecular weight is 247 g/mol. The van der Waals surface area contributed by atoms with E-state index < -0.39 is 0 Å². The van der Waals surface area contributed by atoms with E-state index in [9.17, 15) is 0 Å². The third-order valence-electron chi connectivity index (χ3n) is 4.74. The highest BCUT2D eigenvalue weighted by atomic mass is 15.4. The summed E-state index contributed by atoms with van der Waals surface area (Å²) >= 11 is 0. The maximum atomic E-state index is 4.74. The molecule has 2 N–H and O–H groups in total. The van der Waals surface area contributed by atoms with E-state index in [1.165, 1.54) is 25.7 Å². The molecule has 4 rings (SSSR count). The van der Waals surface area contributed by atoms with Crippen LogP contribution in [0.2, 0.25) is 0 Å². The van der Waals surface area contributed by atoms with E-state index in [4.69, 9.17) is 4.98 Å². The first-order valence-electron chi connectivity index (χ1n) is 7.28. The highest BCUT2D eigenvalue weighted by molar-refractivity contribution is 5.30. The van der Waals surface area contributed by atoms with Gasteiger partial charge in [-0.1, -0.05) is 0 Å². The van der Waals surface area contributed by atoms with E-state index in [-0.39, 0.29) is 0 Å². The first kappa shape index (κ1) is 10.8. The Hall–Kier alpha value is -1.10. The number of aromatic amines is 1. The zero-order chi connectivity index (χ0) is 11.9. The summed E-state index contributed by atoms with van der Waals surface area (Å²) in [6.45, 7) is 4.24. The quantitative estimate of drug-likeness (QED) is 0.822. The maximum absolute atomic E-state index is 4.74. The summed E-state index contributed by atoms with van der Waals surface area (Å²) in [5.41, 5.74) is 0. The normalized spacial score (nSPS) is 35.3.